The molecule has 0 radical (unpaired) electrons. The van der Waals surface area contributed by atoms with E-state index in [-0.39, 0.29) is 24.5 Å². The highest BCUT2D eigenvalue weighted by atomic mass is 16.5. The summed E-state index contributed by atoms with van der Waals surface area (Å²) in [5, 5.41) is 2.78. The van der Waals surface area contributed by atoms with Crippen molar-refractivity contribution in [3.8, 4) is 0 Å². The van der Waals surface area contributed by atoms with Gasteiger partial charge in [-0.1, -0.05) is 0 Å². The fourth-order valence-electron chi connectivity index (χ4n) is 3.54. The molecule has 0 saturated heterocycles. The van der Waals surface area contributed by atoms with E-state index in [1.54, 1.807) is 18.2 Å². The van der Waals surface area contributed by atoms with Gasteiger partial charge in [0.05, 0.1) is 25.2 Å². The van der Waals surface area contributed by atoms with Crippen LogP contribution in [0.25, 0.3) is 0 Å². The lowest BCUT2D eigenvalue weighted by atomic mass is 9.66. The molecule has 2 aliphatic rings. The van der Waals surface area contributed by atoms with Crippen molar-refractivity contribution in [2.45, 2.75) is 24.7 Å². The molecule has 1 fully saturated rings. The number of carbonyl (C=O) groups excluding carboxylic acids is 4. The zero-order valence-corrected chi connectivity index (χ0v) is 13.4. The molecule has 2 unspecified atom stereocenters. The minimum absolute atomic E-state index is 0.0436. The van der Waals surface area contributed by atoms with Gasteiger partial charge in [0, 0.05) is 12.1 Å². The van der Waals surface area contributed by atoms with Crippen LogP contribution in [0.3, 0.4) is 0 Å². The standard InChI is InChI=1S/C17H17NO6/c1-23-14(20)9-3-4-12-11(7-9)17(16(22)18-12)6-5-13(19)10(8-17)15(21)24-2/h3-4,7,10H,5-6,8H2,1-2H3,(H,18,22). The maximum atomic E-state index is 12.6. The number of ketones is 1. The Morgan fingerprint density at radius 3 is 2.62 bits per heavy atom. The molecule has 0 aromatic heterocycles. The quantitative estimate of drug-likeness (QED) is 0.646. The van der Waals surface area contributed by atoms with Crippen LogP contribution in [0.4, 0.5) is 5.69 Å². The average molecular weight is 331 g/mol. The summed E-state index contributed by atoms with van der Waals surface area (Å²) < 4.78 is 9.42. The topological polar surface area (TPSA) is 98.8 Å². The number of anilines is 1. The highest BCUT2D eigenvalue weighted by Crippen LogP contribution is 2.48. The van der Waals surface area contributed by atoms with Crippen molar-refractivity contribution >= 4 is 29.3 Å². The summed E-state index contributed by atoms with van der Waals surface area (Å²) in [7, 11) is 2.50. The van der Waals surface area contributed by atoms with Crippen LogP contribution in [-0.4, -0.2) is 37.8 Å². The molecule has 1 aliphatic heterocycles. The summed E-state index contributed by atoms with van der Waals surface area (Å²) in [6.07, 6.45) is 0.444. The van der Waals surface area contributed by atoms with Crippen LogP contribution >= 0.6 is 0 Å². The lowest BCUT2D eigenvalue weighted by molar-refractivity contribution is -0.152. The van der Waals surface area contributed by atoms with Crippen LogP contribution in [0.15, 0.2) is 18.2 Å². The van der Waals surface area contributed by atoms with E-state index in [1.807, 2.05) is 0 Å². The largest absolute Gasteiger partial charge is 0.468 e. The Hall–Kier alpha value is -2.70. The van der Waals surface area contributed by atoms with Crippen molar-refractivity contribution in [1.29, 1.82) is 0 Å². The molecule has 7 nitrogen and oxygen atoms in total. The number of carbonyl (C=O) groups is 4. The van der Waals surface area contributed by atoms with Crippen LogP contribution in [-0.2, 0) is 29.3 Å². The first-order valence-corrected chi connectivity index (χ1v) is 7.58. The second kappa shape index (κ2) is 5.74. The predicted octanol–water partition coefficient (Wildman–Crippen LogP) is 1.21. The summed E-state index contributed by atoms with van der Waals surface area (Å²) in [5.41, 5.74) is 0.521. The Morgan fingerprint density at radius 2 is 1.96 bits per heavy atom. The molecule has 7 heteroatoms. The molecule has 1 aromatic carbocycles. The maximum Gasteiger partial charge on any atom is 0.337 e. The molecule has 0 bridgehead atoms. The smallest absolute Gasteiger partial charge is 0.337 e. The van der Waals surface area contributed by atoms with E-state index in [9.17, 15) is 19.2 Å². The third-order valence-corrected chi connectivity index (χ3v) is 4.86. The third kappa shape index (κ3) is 2.28. The maximum absolute atomic E-state index is 12.6. The molecule has 1 heterocycles. The minimum Gasteiger partial charge on any atom is -0.468 e. The molecule has 1 aliphatic carbocycles. The zero-order chi connectivity index (χ0) is 17.5. The number of hydrogen-bond donors (Lipinski definition) is 1. The van der Waals surface area contributed by atoms with E-state index in [4.69, 9.17) is 9.47 Å². The van der Waals surface area contributed by atoms with Gasteiger partial charge in [0.1, 0.15) is 11.7 Å². The molecule has 1 spiro atoms. The number of Topliss-reactive ketones (excluding diaryl/α,β-unsaturated/α-hetero) is 1. The minimum atomic E-state index is -1.01. The van der Waals surface area contributed by atoms with Gasteiger partial charge >= 0.3 is 11.9 Å². The summed E-state index contributed by atoms with van der Waals surface area (Å²) in [6, 6.07) is 4.80. The summed E-state index contributed by atoms with van der Waals surface area (Å²) >= 11 is 0. The Labute approximate surface area is 138 Å². The Kier molecular flexibility index (Phi) is 3.87. The number of esters is 2. The van der Waals surface area contributed by atoms with E-state index in [1.165, 1.54) is 14.2 Å². The van der Waals surface area contributed by atoms with Gasteiger partial charge in [0.15, 0.2) is 0 Å². The SMILES string of the molecule is COC(=O)c1ccc2c(c1)C1(CCC(=O)C(C(=O)OC)C1)C(=O)N2. The number of fused-ring (bicyclic) bond motifs is 2. The molecule has 3 rings (SSSR count). The summed E-state index contributed by atoms with van der Waals surface area (Å²) in [4.78, 5) is 48.4. The molecule has 126 valence electrons. The van der Waals surface area contributed by atoms with E-state index in [0.717, 1.165) is 0 Å². The van der Waals surface area contributed by atoms with E-state index in [0.29, 0.717) is 23.2 Å². The first-order valence-electron chi connectivity index (χ1n) is 7.58. The van der Waals surface area contributed by atoms with Crippen molar-refractivity contribution in [2.75, 3.05) is 19.5 Å². The molecular formula is C17H17NO6. The second-order valence-corrected chi connectivity index (χ2v) is 6.03. The Bertz CT molecular complexity index is 747. The van der Waals surface area contributed by atoms with Gasteiger partial charge in [-0.25, -0.2) is 4.79 Å². The fraction of sp³-hybridized carbons (Fsp3) is 0.412. The van der Waals surface area contributed by atoms with Crippen LogP contribution in [0.1, 0.15) is 35.2 Å². The zero-order valence-electron chi connectivity index (χ0n) is 13.4. The van der Waals surface area contributed by atoms with Crippen molar-refractivity contribution in [3.63, 3.8) is 0 Å². The lowest BCUT2D eigenvalue weighted by Gasteiger charge is -2.34. The number of ether oxygens (including phenoxy) is 2. The molecule has 24 heavy (non-hydrogen) atoms. The number of methoxy groups -OCH3 is 2. The second-order valence-electron chi connectivity index (χ2n) is 6.03. The lowest BCUT2D eigenvalue weighted by Crippen LogP contribution is -2.45. The van der Waals surface area contributed by atoms with Crippen LogP contribution in [0, 0.1) is 5.92 Å². The first kappa shape index (κ1) is 16.2. The van der Waals surface area contributed by atoms with Gasteiger partial charge in [-0.15, -0.1) is 0 Å². The normalized spacial score (nSPS) is 25.2. The third-order valence-electron chi connectivity index (χ3n) is 4.86. The van der Waals surface area contributed by atoms with Crippen LogP contribution in [0.5, 0.6) is 0 Å². The molecule has 1 saturated carbocycles. The fourth-order valence-corrected chi connectivity index (χ4v) is 3.54. The van der Waals surface area contributed by atoms with Gasteiger partial charge in [0.25, 0.3) is 0 Å². The molecular weight excluding hydrogens is 314 g/mol. The van der Waals surface area contributed by atoms with Crippen molar-refractivity contribution in [3.05, 3.63) is 29.3 Å². The number of rotatable bonds is 2. The molecule has 1 amide bonds. The predicted molar refractivity (Wildman–Crippen MR) is 82.5 cm³/mol. The van der Waals surface area contributed by atoms with Gasteiger partial charge in [0.2, 0.25) is 5.91 Å². The van der Waals surface area contributed by atoms with Crippen LogP contribution < -0.4 is 5.32 Å². The molecule has 2 atom stereocenters. The monoisotopic (exact) mass is 331 g/mol. The van der Waals surface area contributed by atoms with Crippen molar-refractivity contribution in [1.82, 2.24) is 0 Å². The van der Waals surface area contributed by atoms with Crippen molar-refractivity contribution < 1.29 is 28.7 Å². The van der Waals surface area contributed by atoms with Gasteiger partial charge in [-0.2, -0.15) is 0 Å². The van der Waals surface area contributed by atoms with Crippen molar-refractivity contribution in [2.24, 2.45) is 5.92 Å². The Balaban J connectivity index is 2.06. The number of benzene rings is 1. The first-order chi connectivity index (χ1) is 11.4. The highest BCUT2D eigenvalue weighted by Gasteiger charge is 2.53. The van der Waals surface area contributed by atoms with Gasteiger partial charge < -0.3 is 14.8 Å². The molecule has 1 aromatic rings. The van der Waals surface area contributed by atoms with E-state index >= 15 is 0 Å². The van der Waals surface area contributed by atoms with Crippen LogP contribution in [0.2, 0.25) is 0 Å². The average Bonchev–Trinajstić information content (AvgIpc) is 2.86. The van der Waals surface area contributed by atoms with E-state index in [2.05, 4.69) is 5.32 Å². The van der Waals surface area contributed by atoms with E-state index < -0.39 is 23.3 Å². The summed E-state index contributed by atoms with van der Waals surface area (Å²) in [5.74, 6) is -2.60. The Morgan fingerprint density at radius 1 is 1.21 bits per heavy atom. The number of amides is 1. The van der Waals surface area contributed by atoms with Gasteiger partial charge in [-0.3, -0.25) is 14.4 Å². The highest BCUT2D eigenvalue weighted by molar-refractivity contribution is 6.10. The number of hydrogen-bond acceptors (Lipinski definition) is 6. The molecule has 1 N–H and O–H groups in total. The summed E-state index contributed by atoms with van der Waals surface area (Å²) in [6.45, 7) is 0. The van der Waals surface area contributed by atoms with Gasteiger partial charge in [-0.05, 0) is 36.6 Å². The number of nitrogens with one attached hydrogen (secondary N) is 1.